The Morgan fingerprint density at radius 3 is 2.86 bits per heavy atom. The van der Waals surface area contributed by atoms with Gasteiger partial charge in [0.1, 0.15) is 6.61 Å². The monoisotopic (exact) mass is 412 g/mol. The van der Waals surface area contributed by atoms with E-state index >= 15 is 0 Å². The van der Waals surface area contributed by atoms with Gasteiger partial charge in [0.2, 0.25) is 5.90 Å². The van der Waals surface area contributed by atoms with E-state index in [1.165, 1.54) is 31.4 Å². The molecule has 9 heteroatoms. The van der Waals surface area contributed by atoms with E-state index in [4.69, 9.17) is 32.2 Å². The number of benzene rings is 2. The highest BCUT2D eigenvalue weighted by Gasteiger charge is 2.25. The number of non-ortho nitro benzene ring substituents is 1. The number of cyclic esters (lactones) is 1. The molecular weight excluding hydrogens is 400 g/mol. The fourth-order valence-electron chi connectivity index (χ4n) is 2.52. The number of nitro benzene ring substituents is 1. The summed E-state index contributed by atoms with van der Waals surface area (Å²) >= 11 is 6.22. The molecule has 3 rings (SSSR count). The average Bonchev–Trinajstić information content (AvgIpc) is 3.07. The molecule has 0 fully saturated rings. The van der Waals surface area contributed by atoms with Crippen LogP contribution in [0.15, 0.2) is 47.1 Å². The number of esters is 1. The molecule has 0 aliphatic carbocycles. The lowest BCUT2D eigenvalue weighted by atomic mass is 10.1. The van der Waals surface area contributed by atoms with Crippen LogP contribution in [-0.4, -0.2) is 30.5 Å². The summed E-state index contributed by atoms with van der Waals surface area (Å²) in [5.41, 5.74) is 0.681. The summed E-state index contributed by atoms with van der Waals surface area (Å²) in [6.45, 7) is 0.0136. The second kappa shape index (κ2) is 8.46. The standard InChI is InChI=1S/C20H13ClN2O6/c1-3-7-28-18-15(21)8-12(10-17(18)27-2)9-16-20(24)29-19(22-16)13-5-4-6-14(11-13)23(25)26/h1,4-6,8-11H,7H2,2H3/b16-9-. The SMILES string of the molecule is C#CCOc1c(Cl)cc(/C=C2\N=C(c3cccc([N+](=O)[O-])c3)OC2=O)cc1OC. The minimum Gasteiger partial charge on any atom is -0.493 e. The Morgan fingerprint density at radius 2 is 2.17 bits per heavy atom. The Bertz CT molecular complexity index is 1100. The maximum Gasteiger partial charge on any atom is 0.363 e. The molecule has 0 saturated heterocycles. The number of methoxy groups -OCH3 is 1. The van der Waals surface area contributed by atoms with Gasteiger partial charge in [0.05, 0.1) is 17.1 Å². The van der Waals surface area contributed by atoms with Crippen LogP contribution in [0.3, 0.4) is 0 Å². The summed E-state index contributed by atoms with van der Waals surface area (Å²) < 4.78 is 15.8. The van der Waals surface area contributed by atoms with E-state index in [0.717, 1.165) is 0 Å². The van der Waals surface area contributed by atoms with E-state index in [9.17, 15) is 14.9 Å². The number of nitro groups is 1. The molecule has 0 bridgehead atoms. The van der Waals surface area contributed by atoms with E-state index in [2.05, 4.69) is 10.9 Å². The van der Waals surface area contributed by atoms with Gasteiger partial charge in [0.25, 0.3) is 5.69 Å². The van der Waals surface area contributed by atoms with E-state index in [1.54, 1.807) is 18.2 Å². The fourth-order valence-corrected chi connectivity index (χ4v) is 2.79. The predicted octanol–water partition coefficient (Wildman–Crippen LogP) is 3.61. The number of carbonyl (C=O) groups is 1. The quantitative estimate of drug-likeness (QED) is 0.236. The summed E-state index contributed by atoms with van der Waals surface area (Å²) in [4.78, 5) is 26.7. The Kier molecular flexibility index (Phi) is 5.81. The Hall–Kier alpha value is -3.83. The highest BCUT2D eigenvalue weighted by molar-refractivity contribution is 6.32. The lowest BCUT2D eigenvalue weighted by molar-refractivity contribution is -0.384. The molecule has 1 heterocycles. The maximum atomic E-state index is 12.2. The van der Waals surface area contributed by atoms with Crippen molar-refractivity contribution in [3.63, 3.8) is 0 Å². The zero-order valence-electron chi connectivity index (χ0n) is 15.0. The van der Waals surface area contributed by atoms with Gasteiger partial charge < -0.3 is 14.2 Å². The first-order chi connectivity index (χ1) is 13.9. The molecule has 1 aliphatic rings. The molecule has 29 heavy (non-hydrogen) atoms. The molecule has 8 nitrogen and oxygen atoms in total. The molecule has 0 amide bonds. The Morgan fingerprint density at radius 1 is 1.38 bits per heavy atom. The number of terminal acetylenes is 1. The van der Waals surface area contributed by atoms with Gasteiger partial charge >= 0.3 is 5.97 Å². The summed E-state index contributed by atoms with van der Waals surface area (Å²) in [5.74, 6) is 2.21. The third-order valence-electron chi connectivity index (χ3n) is 3.78. The highest BCUT2D eigenvalue weighted by atomic mass is 35.5. The number of carbonyl (C=O) groups excluding carboxylic acids is 1. The molecule has 0 spiro atoms. The first-order valence-corrected chi connectivity index (χ1v) is 8.52. The molecule has 0 N–H and O–H groups in total. The minimum atomic E-state index is -0.700. The van der Waals surface area contributed by atoms with Crippen molar-refractivity contribution < 1.29 is 23.9 Å². The van der Waals surface area contributed by atoms with Crippen LogP contribution in [0.4, 0.5) is 5.69 Å². The molecule has 0 saturated carbocycles. The maximum absolute atomic E-state index is 12.2. The number of nitrogens with zero attached hydrogens (tertiary/aromatic N) is 2. The molecule has 0 radical (unpaired) electrons. The third-order valence-corrected chi connectivity index (χ3v) is 4.06. The van der Waals surface area contributed by atoms with Crippen molar-refractivity contribution in [2.75, 3.05) is 13.7 Å². The summed E-state index contributed by atoms with van der Waals surface area (Å²) in [6, 6.07) is 8.78. The zero-order valence-corrected chi connectivity index (χ0v) is 15.8. The van der Waals surface area contributed by atoms with Crippen LogP contribution < -0.4 is 9.47 Å². The average molecular weight is 413 g/mol. The van der Waals surface area contributed by atoms with Crippen molar-refractivity contribution in [1.82, 2.24) is 0 Å². The molecular formula is C20H13ClN2O6. The van der Waals surface area contributed by atoms with Crippen LogP contribution in [-0.2, 0) is 9.53 Å². The number of aliphatic imine (C=N–C) groups is 1. The van der Waals surface area contributed by atoms with Crippen molar-refractivity contribution in [2.45, 2.75) is 0 Å². The number of hydrogen-bond donors (Lipinski definition) is 0. The van der Waals surface area contributed by atoms with Crippen molar-refractivity contribution in [2.24, 2.45) is 4.99 Å². The van der Waals surface area contributed by atoms with Crippen LogP contribution in [0.2, 0.25) is 5.02 Å². The first-order valence-electron chi connectivity index (χ1n) is 8.14. The lowest BCUT2D eigenvalue weighted by Gasteiger charge is -2.11. The second-order valence-corrected chi connectivity index (χ2v) is 6.08. The highest BCUT2D eigenvalue weighted by Crippen LogP contribution is 2.37. The van der Waals surface area contributed by atoms with E-state index in [1.807, 2.05) is 0 Å². The second-order valence-electron chi connectivity index (χ2n) is 5.67. The van der Waals surface area contributed by atoms with Gasteiger partial charge in [0.15, 0.2) is 17.2 Å². The van der Waals surface area contributed by atoms with Crippen LogP contribution in [0.5, 0.6) is 11.5 Å². The van der Waals surface area contributed by atoms with Gasteiger partial charge in [-0.1, -0.05) is 23.6 Å². The predicted molar refractivity (Wildman–Crippen MR) is 106 cm³/mol. The van der Waals surface area contributed by atoms with E-state index < -0.39 is 10.9 Å². The molecule has 146 valence electrons. The summed E-state index contributed by atoms with van der Waals surface area (Å²) in [5, 5.41) is 11.2. The molecule has 0 unspecified atom stereocenters. The van der Waals surface area contributed by atoms with E-state index in [0.29, 0.717) is 16.9 Å². The minimum absolute atomic E-state index is 0.00178. The van der Waals surface area contributed by atoms with Gasteiger partial charge in [-0.15, -0.1) is 6.42 Å². The van der Waals surface area contributed by atoms with Crippen molar-refractivity contribution in [3.05, 3.63) is 68.4 Å². The lowest BCUT2D eigenvalue weighted by Crippen LogP contribution is -2.05. The normalized spacial score (nSPS) is 14.2. The van der Waals surface area contributed by atoms with Crippen molar-refractivity contribution in [3.8, 4) is 23.8 Å². The Labute approximate surface area is 170 Å². The van der Waals surface area contributed by atoms with Crippen LogP contribution in [0, 0.1) is 22.5 Å². The summed E-state index contributed by atoms with van der Waals surface area (Å²) in [6.07, 6.45) is 6.64. The van der Waals surface area contributed by atoms with Crippen molar-refractivity contribution in [1.29, 1.82) is 0 Å². The largest absolute Gasteiger partial charge is 0.493 e. The number of ether oxygens (including phenoxy) is 3. The van der Waals surface area contributed by atoms with Gasteiger partial charge in [-0.05, 0) is 29.8 Å². The van der Waals surface area contributed by atoms with Gasteiger partial charge in [-0.25, -0.2) is 9.79 Å². The number of halogens is 1. The third kappa shape index (κ3) is 4.36. The fraction of sp³-hybridized carbons (Fsp3) is 0.100. The molecule has 2 aromatic carbocycles. The van der Waals surface area contributed by atoms with Crippen LogP contribution in [0.1, 0.15) is 11.1 Å². The number of rotatable bonds is 6. The molecule has 0 atom stereocenters. The summed E-state index contributed by atoms with van der Waals surface area (Å²) in [7, 11) is 1.44. The molecule has 1 aliphatic heterocycles. The Balaban J connectivity index is 1.95. The van der Waals surface area contributed by atoms with E-state index in [-0.39, 0.29) is 34.7 Å². The van der Waals surface area contributed by atoms with Gasteiger partial charge in [0, 0.05) is 17.7 Å². The molecule has 0 aromatic heterocycles. The van der Waals surface area contributed by atoms with Gasteiger partial charge in [-0.2, -0.15) is 0 Å². The smallest absolute Gasteiger partial charge is 0.363 e. The van der Waals surface area contributed by atoms with Crippen LogP contribution in [0.25, 0.3) is 6.08 Å². The topological polar surface area (TPSA) is 100 Å². The van der Waals surface area contributed by atoms with Gasteiger partial charge in [-0.3, -0.25) is 10.1 Å². The zero-order chi connectivity index (χ0) is 21.0. The van der Waals surface area contributed by atoms with Crippen molar-refractivity contribution >= 4 is 35.2 Å². The molecule has 2 aromatic rings. The number of hydrogen-bond acceptors (Lipinski definition) is 7. The van der Waals surface area contributed by atoms with Crippen LogP contribution >= 0.6 is 11.6 Å². The first kappa shape index (κ1) is 19.9.